The van der Waals surface area contributed by atoms with Gasteiger partial charge in [0.05, 0.1) is 10.5 Å². The van der Waals surface area contributed by atoms with E-state index in [0.29, 0.717) is 34.6 Å². The average molecular weight is 625 g/mol. The van der Waals surface area contributed by atoms with Crippen LogP contribution in [0.4, 0.5) is 8.78 Å². The zero-order valence-corrected chi connectivity index (χ0v) is 26.4. The van der Waals surface area contributed by atoms with Gasteiger partial charge in [0, 0.05) is 16.5 Å². The molecule has 0 bridgehead atoms. The fourth-order valence-corrected chi connectivity index (χ4v) is 6.43. The third kappa shape index (κ3) is 9.45. The van der Waals surface area contributed by atoms with Crippen molar-refractivity contribution in [2.45, 2.75) is 83.9 Å². The van der Waals surface area contributed by atoms with Gasteiger partial charge in [-0.25, -0.2) is 18.4 Å². The minimum Gasteiger partial charge on any atom is -0.480 e. The third-order valence-electron chi connectivity index (χ3n) is 6.53. The molecule has 2 amide bonds. The largest absolute Gasteiger partial charge is 0.480 e. The Labute approximate surface area is 253 Å². The molecule has 0 saturated heterocycles. The second-order valence-electron chi connectivity index (χ2n) is 11.0. The summed E-state index contributed by atoms with van der Waals surface area (Å²) in [6.45, 7) is 12.2. The van der Waals surface area contributed by atoms with E-state index < -0.39 is 59.0 Å². The number of aliphatic carboxylic acids is 1. The molecule has 2 rings (SSSR count). The summed E-state index contributed by atoms with van der Waals surface area (Å²) in [7, 11) is 1.32. The van der Waals surface area contributed by atoms with Gasteiger partial charge in [-0.2, -0.15) is 0 Å². The first-order chi connectivity index (χ1) is 19.6. The molecule has 2 N–H and O–H groups in total. The SMILES string of the molecule is CCC(C)C(NC(=O)c1cccc(F)c1SSN(C(=O)c1cccc(F)c1)C(C(=O)O)C(C)CC)C(=O)OC(C)(C)C. The number of nitrogens with one attached hydrogen (secondary N) is 1. The Bertz CT molecular complexity index is 1290. The van der Waals surface area contributed by atoms with E-state index in [1.165, 1.54) is 24.3 Å². The molecular formula is C30H38F2N2O6S2. The van der Waals surface area contributed by atoms with Crippen LogP contribution in [0.15, 0.2) is 47.4 Å². The minimum absolute atomic E-state index is 0.0853. The molecule has 4 unspecified atom stereocenters. The zero-order chi connectivity index (χ0) is 31.8. The van der Waals surface area contributed by atoms with E-state index in [1.54, 1.807) is 41.5 Å². The van der Waals surface area contributed by atoms with Crippen LogP contribution in [0.1, 0.15) is 82.0 Å². The number of hydrogen-bond acceptors (Lipinski definition) is 7. The number of ether oxygens (including phenoxy) is 1. The highest BCUT2D eigenvalue weighted by molar-refractivity contribution is 8.76. The second kappa shape index (κ2) is 15.4. The van der Waals surface area contributed by atoms with E-state index >= 15 is 4.39 Å². The van der Waals surface area contributed by atoms with Crippen molar-refractivity contribution >= 4 is 45.5 Å². The van der Waals surface area contributed by atoms with Crippen molar-refractivity contribution in [1.82, 2.24) is 9.62 Å². The molecule has 0 radical (unpaired) electrons. The van der Waals surface area contributed by atoms with Gasteiger partial charge in [0.15, 0.2) is 0 Å². The van der Waals surface area contributed by atoms with Gasteiger partial charge in [-0.1, -0.05) is 52.7 Å². The Balaban J connectivity index is 2.46. The van der Waals surface area contributed by atoms with Gasteiger partial charge in [-0.05, 0) is 73.7 Å². The highest BCUT2D eigenvalue weighted by Gasteiger charge is 2.36. The summed E-state index contributed by atoms with van der Waals surface area (Å²) in [6, 6.07) is 6.30. The van der Waals surface area contributed by atoms with E-state index in [0.717, 1.165) is 22.5 Å². The van der Waals surface area contributed by atoms with Crippen molar-refractivity contribution in [2.75, 3.05) is 0 Å². The Morgan fingerprint density at radius 2 is 1.62 bits per heavy atom. The Morgan fingerprint density at radius 1 is 1.00 bits per heavy atom. The van der Waals surface area contributed by atoms with Gasteiger partial charge >= 0.3 is 11.9 Å². The number of carboxylic acids is 1. The lowest BCUT2D eigenvalue weighted by molar-refractivity contribution is -0.158. The third-order valence-corrected chi connectivity index (χ3v) is 8.95. The molecule has 8 nitrogen and oxygen atoms in total. The highest BCUT2D eigenvalue weighted by Crippen LogP contribution is 2.41. The van der Waals surface area contributed by atoms with Crippen molar-refractivity contribution in [3.63, 3.8) is 0 Å². The number of hydrogen-bond donors (Lipinski definition) is 2. The fourth-order valence-electron chi connectivity index (χ4n) is 3.86. The lowest BCUT2D eigenvalue weighted by Gasteiger charge is -2.31. The average Bonchev–Trinajstić information content (AvgIpc) is 2.91. The number of carbonyl (C=O) groups excluding carboxylic acids is 3. The van der Waals surface area contributed by atoms with Crippen molar-refractivity contribution in [3.8, 4) is 0 Å². The van der Waals surface area contributed by atoms with Gasteiger partial charge in [-0.15, -0.1) is 0 Å². The molecule has 2 aromatic rings. The van der Waals surface area contributed by atoms with Crippen molar-refractivity contribution < 1.29 is 37.8 Å². The molecule has 12 heteroatoms. The summed E-state index contributed by atoms with van der Waals surface area (Å²) in [4.78, 5) is 51.9. The lowest BCUT2D eigenvalue weighted by Crippen LogP contribution is -2.48. The van der Waals surface area contributed by atoms with Crippen LogP contribution in [-0.4, -0.2) is 50.8 Å². The van der Waals surface area contributed by atoms with Crippen LogP contribution in [0.5, 0.6) is 0 Å². The Morgan fingerprint density at radius 3 is 2.17 bits per heavy atom. The molecule has 0 aromatic heterocycles. The zero-order valence-electron chi connectivity index (χ0n) is 24.8. The van der Waals surface area contributed by atoms with Gasteiger partial charge < -0.3 is 15.2 Å². The summed E-state index contributed by atoms with van der Waals surface area (Å²) < 4.78 is 35.6. The number of amides is 2. The monoisotopic (exact) mass is 624 g/mol. The molecule has 0 aliphatic carbocycles. The highest BCUT2D eigenvalue weighted by atomic mass is 33.1. The van der Waals surface area contributed by atoms with Crippen LogP contribution in [-0.2, 0) is 14.3 Å². The second-order valence-corrected chi connectivity index (χ2v) is 13.0. The van der Waals surface area contributed by atoms with E-state index in [9.17, 15) is 28.7 Å². The van der Waals surface area contributed by atoms with E-state index in [2.05, 4.69) is 5.32 Å². The molecule has 0 aliphatic heterocycles. The van der Waals surface area contributed by atoms with Crippen LogP contribution in [0, 0.1) is 23.5 Å². The van der Waals surface area contributed by atoms with Crippen molar-refractivity contribution in [2.24, 2.45) is 11.8 Å². The molecule has 0 aliphatic rings. The topological polar surface area (TPSA) is 113 Å². The molecule has 42 heavy (non-hydrogen) atoms. The maximum Gasteiger partial charge on any atom is 0.329 e. The van der Waals surface area contributed by atoms with Gasteiger partial charge in [0.2, 0.25) is 0 Å². The lowest BCUT2D eigenvalue weighted by atomic mass is 9.98. The number of esters is 1. The predicted octanol–water partition coefficient (Wildman–Crippen LogP) is 6.75. The maximum atomic E-state index is 15.2. The number of carbonyl (C=O) groups is 4. The number of benzene rings is 2. The molecule has 4 atom stereocenters. The molecule has 230 valence electrons. The first-order valence-corrected chi connectivity index (χ1v) is 15.7. The van der Waals surface area contributed by atoms with E-state index in [-0.39, 0.29) is 21.9 Å². The molecule has 0 saturated carbocycles. The fraction of sp³-hybridized carbons (Fsp3) is 0.467. The van der Waals surface area contributed by atoms with Gasteiger partial charge in [0.25, 0.3) is 11.8 Å². The smallest absolute Gasteiger partial charge is 0.329 e. The van der Waals surface area contributed by atoms with Crippen LogP contribution < -0.4 is 5.32 Å². The standard InChI is InChI=1S/C30H38F2N2O6S2/c1-8-17(3)23(29(39)40-30(5,6)7)33-26(35)21-14-11-15-22(32)25(21)41-42-34(24(28(37)38)18(4)9-2)27(36)19-12-10-13-20(31)16-19/h10-18,23-24H,8-9H2,1-7H3,(H,33,35)(H,37,38). The molecule has 0 spiro atoms. The van der Waals surface area contributed by atoms with Gasteiger partial charge in [-0.3, -0.25) is 13.9 Å². The normalized spacial score (nSPS) is 14.3. The number of carboxylic acid groups (broad SMARTS) is 1. The van der Waals surface area contributed by atoms with Crippen molar-refractivity contribution in [3.05, 3.63) is 65.2 Å². The summed E-state index contributed by atoms with van der Waals surface area (Å²) in [6.07, 6.45) is 0.957. The molecule has 0 heterocycles. The summed E-state index contributed by atoms with van der Waals surface area (Å²) in [5, 5.41) is 12.7. The molecule has 0 fully saturated rings. The minimum atomic E-state index is -1.34. The molecule has 2 aromatic carbocycles. The molecular weight excluding hydrogens is 586 g/mol. The van der Waals surface area contributed by atoms with E-state index in [4.69, 9.17) is 4.74 Å². The summed E-state index contributed by atoms with van der Waals surface area (Å²) >= 11 is 0. The Kier molecular flexibility index (Phi) is 12.8. The van der Waals surface area contributed by atoms with Crippen LogP contribution in [0.2, 0.25) is 0 Å². The summed E-state index contributed by atoms with van der Waals surface area (Å²) in [5.41, 5.74) is -0.992. The van der Waals surface area contributed by atoms with Gasteiger partial charge in [0.1, 0.15) is 29.3 Å². The number of nitrogens with zero attached hydrogens (tertiary/aromatic N) is 1. The van der Waals surface area contributed by atoms with Crippen LogP contribution in [0.25, 0.3) is 0 Å². The Hall–Kier alpha value is -3.12. The first-order valence-electron chi connectivity index (χ1n) is 13.6. The van der Waals surface area contributed by atoms with E-state index in [1.807, 2.05) is 6.92 Å². The van der Waals surface area contributed by atoms with Crippen LogP contribution in [0.3, 0.4) is 0 Å². The van der Waals surface area contributed by atoms with Crippen molar-refractivity contribution in [1.29, 1.82) is 0 Å². The summed E-state index contributed by atoms with van der Waals surface area (Å²) in [5.74, 6) is -5.72. The number of rotatable bonds is 13. The first kappa shape index (κ1) is 35.1. The predicted molar refractivity (Wildman–Crippen MR) is 160 cm³/mol. The van der Waals surface area contributed by atoms with Crippen LogP contribution >= 0.6 is 21.8 Å². The quantitative estimate of drug-likeness (QED) is 0.143. The maximum absolute atomic E-state index is 15.2. The number of halogens is 2.